The van der Waals surface area contributed by atoms with Crippen molar-refractivity contribution in [3.05, 3.63) is 0 Å². The third kappa shape index (κ3) is 4.34. The van der Waals surface area contributed by atoms with Crippen LogP contribution in [0.15, 0.2) is 0 Å². The molecule has 140 valence electrons. The van der Waals surface area contributed by atoms with E-state index in [0.717, 1.165) is 31.9 Å². The number of hydrogen-bond donors (Lipinski definition) is 0. The van der Waals surface area contributed by atoms with E-state index in [4.69, 9.17) is 9.47 Å². The number of nitrogens with zero attached hydrogens (tertiary/aromatic N) is 1. The zero-order chi connectivity index (χ0) is 17.2. The van der Waals surface area contributed by atoms with Gasteiger partial charge in [-0.1, -0.05) is 34.1 Å². The minimum Gasteiger partial charge on any atom is -0.350 e. The fourth-order valence-electron chi connectivity index (χ4n) is 5.04. The van der Waals surface area contributed by atoms with Crippen LogP contribution in [0.1, 0.15) is 79.1 Å². The molecular formula is C21H39NO2. The van der Waals surface area contributed by atoms with Crippen LogP contribution < -0.4 is 0 Å². The summed E-state index contributed by atoms with van der Waals surface area (Å²) in [5, 5.41) is 0. The number of likely N-dealkylation sites (tertiary alicyclic amines) is 1. The highest BCUT2D eigenvalue weighted by molar-refractivity contribution is 4.90. The summed E-state index contributed by atoms with van der Waals surface area (Å²) in [6.45, 7) is 14.1. The van der Waals surface area contributed by atoms with Crippen molar-refractivity contribution in [2.24, 2.45) is 17.3 Å². The van der Waals surface area contributed by atoms with Gasteiger partial charge in [0.05, 0.1) is 12.7 Å². The van der Waals surface area contributed by atoms with E-state index >= 15 is 0 Å². The zero-order valence-corrected chi connectivity index (χ0v) is 16.5. The normalized spacial score (nSPS) is 39.8. The Hall–Kier alpha value is -0.120. The maximum absolute atomic E-state index is 6.71. The second-order valence-corrected chi connectivity index (χ2v) is 9.64. The molecule has 24 heavy (non-hydrogen) atoms. The van der Waals surface area contributed by atoms with Crippen LogP contribution in [0.2, 0.25) is 0 Å². The summed E-state index contributed by atoms with van der Waals surface area (Å²) in [5.74, 6) is 0.966. The quantitative estimate of drug-likeness (QED) is 0.719. The molecule has 0 N–H and O–H groups in total. The summed E-state index contributed by atoms with van der Waals surface area (Å²) in [6.07, 6.45) is 10.4. The van der Waals surface area contributed by atoms with E-state index in [1.165, 1.54) is 51.6 Å². The van der Waals surface area contributed by atoms with E-state index in [1.54, 1.807) is 0 Å². The molecular weight excluding hydrogens is 298 g/mol. The Morgan fingerprint density at radius 1 is 1.04 bits per heavy atom. The van der Waals surface area contributed by atoms with Gasteiger partial charge in [0.2, 0.25) is 0 Å². The number of ether oxygens (including phenoxy) is 2. The van der Waals surface area contributed by atoms with Gasteiger partial charge in [-0.3, -0.25) is 0 Å². The summed E-state index contributed by atoms with van der Waals surface area (Å²) >= 11 is 0. The average Bonchev–Trinajstić information content (AvgIpc) is 2.68. The molecule has 3 nitrogen and oxygen atoms in total. The van der Waals surface area contributed by atoms with Gasteiger partial charge in [-0.2, -0.15) is 0 Å². The molecule has 3 rings (SSSR count). The van der Waals surface area contributed by atoms with Crippen LogP contribution in [-0.2, 0) is 9.47 Å². The second kappa shape index (κ2) is 7.63. The summed E-state index contributed by atoms with van der Waals surface area (Å²) < 4.78 is 13.0. The van der Waals surface area contributed by atoms with Gasteiger partial charge in [0.25, 0.3) is 0 Å². The number of hydrogen-bond acceptors (Lipinski definition) is 3. The maximum atomic E-state index is 6.71. The lowest BCUT2D eigenvalue weighted by molar-refractivity contribution is -0.320. The van der Waals surface area contributed by atoms with E-state index in [9.17, 15) is 0 Å². The lowest BCUT2D eigenvalue weighted by Crippen LogP contribution is -2.52. The molecule has 1 spiro atoms. The van der Waals surface area contributed by atoms with E-state index in [0.29, 0.717) is 17.4 Å². The average molecular weight is 338 g/mol. The van der Waals surface area contributed by atoms with Crippen molar-refractivity contribution in [3.8, 4) is 0 Å². The maximum Gasteiger partial charge on any atom is 0.171 e. The SMILES string of the molecule is CC1CC(C(C)(C)C)CCCC12OCCC(CN1CCCCC1)O2. The Morgan fingerprint density at radius 2 is 1.79 bits per heavy atom. The van der Waals surface area contributed by atoms with Gasteiger partial charge >= 0.3 is 0 Å². The molecule has 2 saturated heterocycles. The van der Waals surface area contributed by atoms with Gasteiger partial charge in [0.15, 0.2) is 5.79 Å². The smallest absolute Gasteiger partial charge is 0.171 e. The highest BCUT2D eigenvalue weighted by atomic mass is 16.7. The van der Waals surface area contributed by atoms with Crippen molar-refractivity contribution < 1.29 is 9.47 Å². The second-order valence-electron chi connectivity index (χ2n) is 9.64. The molecule has 0 aromatic carbocycles. The predicted octanol–water partition coefficient (Wildman–Crippen LogP) is 4.85. The lowest BCUT2D eigenvalue weighted by atomic mass is 9.74. The van der Waals surface area contributed by atoms with Crippen LogP contribution in [0.3, 0.4) is 0 Å². The summed E-state index contributed by atoms with van der Waals surface area (Å²) in [6, 6.07) is 0. The number of piperidine rings is 1. The largest absolute Gasteiger partial charge is 0.350 e. The van der Waals surface area contributed by atoms with Crippen LogP contribution in [0.4, 0.5) is 0 Å². The zero-order valence-electron chi connectivity index (χ0n) is 16.5. The van der Waals surface area contributed by atoms with Gasteiger partial charge in [0.1, 0.15) is 0 Å². The minimum absolute atomic E-state index is 0.307. The first kappa shape index (κ1) is 18.7. The van der Waals surface area contributed by atoms with E-state index in [1.807, 2.05) is 0 Å². The Bertz CT molecular complexity index is 399. The first-order chi connectivity index (χ1) is 11.4. The van der Waals surface area contributed by atoms with Gasteiger partial charge in [0, 0.05) is 18.9 Å². The summed E-state index contributed by atoms with van der Waals surface area (Å²) in [4.78, 5) is 2.62. The van der Waals surface area contributed by atoms with Crippen molar-refractivity contribution in [3.63, 3.8) is 0 Å². The van der Waals surface area contributed by atoms with Gasteiger partial charge < -0.3 is 14.4 Å². The van der Waals surface area contributed by atoms with Crippen LogP contribution >= 0.6 is 0 Å². The molecule has 3 heteroatoms. The molecule has 0 aromatic heterocycles. The molecule has 3 fully saturated rings. The van der Waals surface area contributed by atoms with Crippen LogP contribution in [0.25, 0.3) is 0 Å². The highest BCUT2D eigenvalue weighted by Gasteiger charge is 2.46. The van der Waals surface area contributed by atoms with Crippen molar-refractivity contribution in [2.75, 3.05) is 26.2 Å². The Balaban J connectivity index is 1.63. The summed E-state index contributed by atoms with van der Waals surface area (Å²) in [5.41, 5.74) is 0.391. The molecule has 0 bridgehead atoms. The molecule has 2 aliphatic heterocycles. The highest BCUT2D eigenvalue weighted by Crippen LogP contribution is 2.46. The first-order valence-corrected chi connectivity index (χ1v) is 10.4. The predicted molar refractivity (Wildman–Crippen MR) is 99.0 cm³/mol. The molecule has 0 aromatic rings. The van der Waals surface area contributed by atoms with Crippen molar-refractivity contribution in [2.45, 2.75) is 91.0 Å². The fourth-order valence-corrected chi connectivity index (χ4v) is 5.04. The molecule has 0 radical (unpaired) electrons. The molecule has 4 unspecified atom stereocenters. The Labute approximate surface area is 149 Å². The molecule has 2 heterocycles. The van der Waals surface area contributed by atoms with Crippen molar-refractivity contribution in [1.29, 1.82) is 0 Å². The molecule has 1 saturated carbocycles. The molecule has 1 aliphatic carbocycles. The van der Waals surface area contributed by atoms with E-state index in [2.05, 4.69) is 32.6 Å². The van der Waals surface area contributed by atoms with Gasteiger partial charge in [-0.25, -0.2) is 0 Å². The molecule has 0 amide bonds. The summed E-state index contributed by atoms with van der Waals surface area (Å²) in [7, 11) is 0. The third-order valence-corrected chi connectivity index (χ3v) is 6.75. The van der Waals surface area contributed by atoms with E-state index in [-0.39, 0.29) is 5.79 Å². The van der Waals surface area contributed by atoms with Crippen LogP contribution in [0, 0.1) is 17.3 Å². The van der Waals surface area contributed by atoms with Gasteiger partial charge in [-0.05, 0) is 62.9 Å². The third-order valence-electron chi connectivity index (χ3n) is 6.75. The van der Waals surface area contributed by atoms with E-state index < -0.39 is 0 Å². The minimum atomic E-state index is -0.307. The number of rotatable bonds is 2. The molecule has 3 aliphatic rings. The lowest BCUT2D eigenvalue weighted by Gasteiger charge is -2.46. The Morgan fingerprint density at radius 3 is 2.50 bits per heavy atom. The van der Waals surface area contributed by atoms with Crippen LogP contribution in [-0.4, -0.2) is 43.0 Å². The van der Waals surface area contributed by atoms with Gasteiger partial charge in [-0.15, -0.1) is 0 Å². The topological polar surface area (TPSA) is 21.7 Å². The fraction of sp³-hybridized carbons (Fsp3) is 1.00. The van der Waals surface area contributed by atoms with Crippen LogP contribution in [0.5, 0.6) is 0 Å². The van der Waals surface area contributed by atoms with Crippen molar-refractivity contribution >= 4 is 0 Å². The Kier molecular flexibility index (Phi) is 5.94. The molecule has 4 atom stereocenters. The first-order valence-electron chi connectivity index (χ1n) is 10.4. The standard InChI is InChI=1S/C21H39NO2/c1-17-15-18(20(2,3)4)9-8-11-21(17)23-14-10-19(24-21)16-22-12-6-5-7-13-22/h17-19H,5-16H2,1-4H3. The monoisotopic (exact) mass is 337 g/mol. The van der Waals surface area contributed by atoms with Crippen molar-refractivity contribution in [1.82, 2.24) is 4.90 Å².